The predicted molar refractivity (Wildman–Crippen MR) is 19.4 cm³/mol. The van der Waals surface area contributed by atoms with E-state index < -0.39 is 9.17 Å². The molecule has 0 fully saturated rings. The van der Waals surface area contributed by atoms with Crippen LogP contribution in [0.5, 0.6) is 0 Å². The van der Waals surface area contributed by atoms with Crippen molar-refractivity contribution in [1.82, 2.24) is 0 Å². The molecule has 40 valence electrons. The normalized spacial score (nSPS) is 3.43. The molecule has 0 saturated carbocycles. The zero-order valence-electron chi connectivity index (χ0n) is 3.43. The van der Waals surface area contributed by atoms with Crippen LogP contribution < -0.4 is 9.59 Å². The summed E-state index contributed by atoms with van der Waals surface area (Å²) >= 11 is 0. The average molecular weight is 152 g/mol. The topological polar surface area (TPSA) is 126 Å². The summed E-state index contributed by atoms with van der Waals surface area (Å²) in [5, 5.41) is 0. The molecular formula is H4CaO5Si. The van der Waals surface area contributed by atoms with Crippen LogP contribution >= 0.6 is 0 Å². The van der Waals surface area contributed by atoms with E-state index in [1.165, 1.54) is 0 Å². The fourth-order valence-electron chi connectivity index (χ4n) is 0. The van der Waals surface area contributed by atoms with Crippen molar-refractivity contribution in [2.24, 2.45) is 0 Å². The van der Waals surface area contributed by atoms with Crippen molar-refractivity contribution < 1.29 is 25.0 Å². The van der Waals surface area contributed by atoms with Gasteiger partial charge in [0.1, 0.15) is 0 Å². The van der Waals surface area contributed by atoms with E-state index in [2.05, 4.69) is 0 Å². The zero-order valence-corrected chi connectivity index (χ0v) is 6.64. The second-order valence-corrected chi connectivity index (χ2v) is 0.750. The number of rotatable bonds is 0. The van der Waals surface area contributed by atoms with Gasteiger partial charge in [-0.3, -0.25) is 0 Å². The Morgan fingerprint density at radius 2 is 1.14 bits per heavy atom. The zero-order chi connectivity index (χ0) is 3.58. The summed E-state index contributed by atoms with van der Waals surface area (Å²) < 4.78 is 8.52. The molecule has 0 saturated heterocycles. The third-order valence-corrected chi connectivity index (χ3v) is 0. The molecule has 0 aliphatic carbocycles. The van der Waals surface area contributed by atoms with Gasteiger partial charge in [0, 0.05) is 9.17 Å². The molecule has 7 heavy (non-hydrogen) atoms. The molecule has 0 unspecified atom stereocenters. The molecule has 0 spiro atoms. The fourth-order valence-corrected chi connectivity index (χ4v) is 0. The molecule has 0 heterocycles. The van der Waals surface area contributed by atoms with Crippen molar-refractivity contribution in [3.63, 3.8) is 0 Å². The second kappa shape index (κ2) is 15.8. The van der Waals surface area contributed by atoms with E-state index in [0.717, 1.165) is 0 Å². The van der Waals surface area contributed by atoms with Gasteiger partial charge in [0.25, 0.3) is 0 Å². The van der Waals surface area contributed by atoms with Crippen LogP contribution in [-0.4, -0.2) is 57.9 Å². The van der Waals surface area contributed by atoms with E-state index in [0.29, 0.717) is 0 Å². The number of hydrogen-bond donors (Lipinski definition) is 0. The monoisotopic (exact) mass is 152 g/mol. The van der Waals surface area contributed by atoms with Crippen LogP contribution in [0.3, 0.4) is 0 Å². The number of hydrogen-bond acceptors (Lipinski definition) is 3. The molecule has 0 amide bonds. The van der Waals surface area contributed by atoms with Crippen LogP contribution in [-0.2, 0) is 4.46 Å². The molecular weight excluding hydrogens is 148 g/mol. The molecule has 0 radical (unpaired) electrons. The van der Waals surface area contributed by atoms with Gasteiger partial charge in [0.2, 0.25) is 0 Å². The summed E-state index contributed by atoms with van der Waals surface area (Å²) in [6, 6.07) is 0. The van der Waals surface area contributed by atoms with Crippen molar-refractivity contribution in [2.75, 3.05) is 0 Å². The Bertz CT molecular complexity index is 31.1. The molecule has 0 aromatic rings. The Balaban J connectivity index is -0.0000000150. The summed E-state index contributed by atoms with van der Waals surface area (Å²) in [5.74, 6) is 0. The largest absolute Gasteiger partial charge is 2.00 e. The Morgan fingerprint density at radius 3 is 1.14 bits per heavy atom. The SMILES string of the molecule is O.O.O=[Si]([O-])[O-].[Ca+2]. The summed E-state index contributed by atoms with van der Waals surface area (Å²) in [6.45, 7) is 0. The Kier molecular flexibility index (Phi) is 56.6. The summed E-state index contributed by atoms with van der Waals surface area (Å²) in [7, 11) is -3.63. The van der Waals surface area contributed by atoms with Gasteiger partial charge in [0.15, 0.2) is 0 Å². The van der Waals surface area contributed by atoms with E-state index in [1.54, 1.807) is 0 Å². The van der Waals surface area contributed by atoms with Gasteiger partial charge in [-0.25, -0.2) is 0 Å². The molecule has 4 N–H and O–H groups in total. The molecule has 0 aromatic heterocycles. The summed E-state index contributed by atoms with van der Waals surface area (Å²) in [6.07, 6.45) is 0. The maximum Gasteiger partial charge on any atom is 2.00 e. The molecule has 0 rings (SSSR count). The molecule has 0 aliphatic rings. The molecule has 0 bridgehead atoms. The Hall–Kier alpha value is 0.797. The van der Waals surface area contributed by atoms with Crippen LogP contribution in [0.25, 0.3) is 0 Å². The smallest absolute Gasteiger partial charge is 0.672 e. The van der Waals surface area contributed by atoms with Crippen LogP contribution in [0.4, 0.5) is 0 Å². The Morgan fingerprint density at radius 1 is 1.14 bits per heavy atom. The van der Waals surface area contributed by atoms with Gasteiger partial charge in [0.05, 0.1) is 0 Å². The van der Waals surface area contributed by atoms with Crippen molar-refractivity contribution in [1.29, 1.82) is 0 Å². The van der Waals surface area contributed by atoms with Gasteiger partial charge < -0.3 is 25.0 Å². The van der Waals surface area contributed by atoms with Gasteiger partial charge in [-0.05, 0) is 0 Å². The third kappa shape index (κ3) is 246. The molecule has 0 aromatic carbocycles. The van der Waals surface area contributed by atoms with Crippen LogP contribution in [0, 0.1) is 0 Å². The van der Waals surface area contributed by atoms with E-state index >= 15 is 0 Å². The van der Waals surface area contributed by atoms with Gasteiger partial charge in [-0.15, -0.1) is 0 Å². The molecule has 5 nitrogen and oxygen atoms in total. The summed E-state index contributed by atoms with van der Waals surface area (Å²) in [4.78, 5) is 17.0. The fraction of sp³-hybridized carbons (Fsp3) is 0. The quantitative estimate of drug-likeness (QED) is 0.323. The minimum absolute atomic E-state index is 0. The minimum Gasteiger partial charge on any atom is -0.672 e. The van der Waals surface area contributed by atoms with Gasteiger partial charge >= 0.3 is 37.7 Å². The van der Waals surface area contributed by atoms with Crippen LogP contribution in [0.2, 0.25) is 0 Å². The maximum absolute atomic E-state index is 8.52. The van der Waals surface area contributed by atoms with E-state index in [-0.39, 0.29) is 48.7 Å². The van der Waals surface area contributed by atoms with Gasteiger partial charge in [-0.1, -0.05) is 0 Å². The summed E-state index contributed by atoms with van der Waals surface area (Å²) in [5.41, 5.74) is 0. The first kappa shape index (κ1) is 25.0. The first-order valence-corrected chi connectivity index (χ1v) is 1.84. The minimum atomic E-state index is -3.63. The standard InChI is InChI=1S/Ca.O3Si.2H2O/c;1-4(2)3;;/h;;2*1H2/q+2;-2;;. The van der Waals surface area contributed by atoms with Crippen LogP contribution in [0.15, 0.2) is 0 Å². The van der Waals surface area contributed by atoms with Gasteiger partial charge in [-0.2, -0.15) is 0 Å². The molecule has 0 atom stereocenters. The third-order valence-electron chi connectivity index (χ3n) is 0. The van der Waals surface area contributed by atoms with Crippen LogP contribution in [0.1, 0.15) is 0 Å². The first-order valence-electron chi connectivity index (χ1n) is 0.612. The van der Waals surface area contributed by atoms with Crippen molar-refractivity contribution >= 4 is 46.9 Å². The second-order valence-electron chi connectivity index (χ2n) is 0.250. The van der Waals surface area contributed by atoms with Crippen molar-refractivity contribution in [3.8, 4) is 0 Å². The van der Waals surface area contributed by atoms with Crippen molar-refractivity contribution in [3.05, 3.63) is 0 Å². The first-order chi connectivity index (χ1) is 1.73. The average Bonchev–Trinajstić information content (AvgIpc) is 0.811. The van der Waals surface area contributed by atoms with E-state index in [4.69, 9.17) is 14.1 Å². The van der Waals surface area contributed by atoms with E-state index in [1.807, 2.05) is 0 Å². The van der Waals surface area contributed by atoms with Crippen molar-refractivity contribution in [2.45, 2.75) is 0 Å². The molecule has 0 aliphatic heterocycles. The maximum atomic E-state index is 8.52. The predicted octanol–water partition coefficient (Wildman–Crippen LogP) is -4.91. The molecule has 7 heteroatoms. The Labute approximate surface area is 71.5 Å². The van der Waals surface area contributed by atoms with E-state index in [9.17, 15) is 0 Å².